The minimum absolute atomic E-state index is 0.123. The first kappa shape index (κ1) is 20.5. The number of carbonyl (C=O) groups is 2. The van der Waals surface area contributed by atoms with Crippen LogP contribution in [0.2, 0.25) is 0 Å². The SMILES string of the molecule is C[C@@H]1/C=C\C[C@H](NC(=O)OC(C)(C)C)c2cc(ccn2)-c2ccncc2NC1=O. The van der Waals surface area contributed by atoms with E-state index in [0.29, 0.717) is 17.8 Å². The van der Waals surface area contributed by atoms with Crippen molar-refractivity contribution in [3.05, 3.63) is 54.6 Å². The Morgan fingerprint density at radius 3 is 2.83 bits per heavy atom. The molecule has 2 N–H and O–H groups in total. The summed E-state index contributed by atoms with van der Waals surface area (Å²) >= 11 is 0. The topological polar surface area (TPSA) is 93.2 Å². The number of anilines is 1. The Morgan fingerprint density at radius 1 is 1.28 bits per heavy atom. The summed E-state index contributed by atoms with van der Waals surface area (Å²) in [4.78, 5) is 33.5. The lowest BCUT2D eigenvalue weighted by atomic mass is 10.00. The molecule has 2 aromatic heterocycles. The maximum absolute atomic E-state index is 12.5. The summed E-state index contributed by atoms with van der Waals surface area (Å²) in [6, 6.07) is 5.23. The number of amides is 2. The van der Waals surface area contributed by atoms with Crippen LogP contribution in [0.3, 0.4) is 0 Å². The lowest BCUT2D eigenvalue weighted by Gasteiger charge is -2.23. The summed E-state index contributed by atoms with van der Waals surface area (Å²) in [5, 5.41) is 5.84. The number of fused-ring (bicyclic) bond motifs is 4. The summed E-state index contributed by atoms with van der Waals surface area (Å²) in [5.41, 5.74) is 2.46. The van der Waals surface area contributed by atoms with E-state index in [4.69, 9.17) is 4.74 Å². The van der Waals surface area contributed by atoms with Crippen molar-refractivity contribution in [3.63, 3.8) is 0 Å². The van der Waals surface area contributed by atoms with Gasteiger partial charge in [0.1, 0.15) is 5.60 Å². The Labute approximate surface area is 170 Å². The highest BCUT2D eigenvalue weighted by molar-refractivity contribution is 5.97. The number of nitrogens with one attached hydrogen (secondary N) is 2. The number of hydrogen-bond donors (Lipinski definition) is 2. The fourth-order valence-corrected chi connectivity index (χ4v) is 3.01. The average Bonchev–Trinajstić information content (AvgIpc) is 2.65. The van der Waals surface area contributed by atoms with Gasteiger partial charge >= 0.3 is 6.09 Å². The molecule has 2 amide bonds. The number of aromatic nitrogens is 2. The maximum Gasteiger partial charge on any atom is 0.408 e. The Hall–Kier alpha value is -3.22. The van der Waals surface area contributed by atoms with Crippen molar-refractivity contribution in [2.75, 3.05) is 5.32 Å². The van der Waals surface area contributed by atoms with Gasteiger partial charge in [-0.1, -0.05) is 19.1 Å². The summed E-state index contributed by atoms with van der Waals surface area (Å²) < 4.78 is 5.41. The molecule has 29 heavy (non-hydrogen) atoms. The van der Waals surface area contributed by atoms with Crippen molar-refractivity contribution < 1.29 is 14.3 Å². The number of alkyl carbamates (subject to hydrolysis) is 1. The van der Waals surface area contributed by atoms with Crippen LogP contribution < -0.4 is 10.6 Å². The molecule has 2 bridgehead atoms. The summed E-state index contributed by atoms with van der Waals surface area (Å²) in [6.07, 6.45) is 8.68. The van der Waals surface area contributed by atoms with E-state index < -0.39 is 11.7 Å². The predicted molar refractivity (Wildman–Crippen MR) is 111 cm³/mol. The molecule has 1 aliphatic rings. The molecule has 0 aliphatic carbocycles. The molecule has 152 valence electrons. The van der Waals surface area contributed by atoms with Crippen LogP contribution in [0.15, 0.2) is 48.9 Å². The van der Waals surface area contributed by atoms with Gasteiger partial charge in [-0.25, -0.2) is 4.79 Å². The highest BCUT2D eigenvalue weighted by Gasteiger charge is 2.22. The Bertz CT molecular complexity index is 934. The largest absolute Gasteiger partial charge is 0.444 e. The molecule has 3 heterocycles. The Kier molecular flexibility index (Phi) is 5.96. The van der Waals surface area contributed by atoms with Crippen molar-refractivity contribution >= 4 is 17.7 Å². The molecular formula is C22H26N4O3. The van der Waals surface area contributed by atoms with Crippen LogP contribution in [0.4, 0.5) is 10.5 Å². The molecule has 7 nitrogen and oxygen atoms in total. The van der Waals surface area contributed by atoms with Crippen molar-refractivity contribution in [2.24, 2.45) is 5.92 Å². The number of carbonyl (C=O) groups excluding carboxylic acids is 2. The molecule has 0 radical (unpaired) electrons. The first-order valence-corrected chi connectivity index (χ1v) is 9.60. The van der Waals surface area contributed by atoms with Gasteiger partial charge < -0.3 is 15.4 Å². The molecule has 7 heteroatoms. The van der Waals surface area contributed by atoms with Crippen molar-refractivity contribution in [2.45, 2.75) is 45.8 Å². The molecule has 0 saturated heterocycles. The highest BCUT2D eigenvalue weighted by Crippen LogP contribution is 2.30. The molecule has 2 aromatic rings. The fourth-order valence-electron chi connectivity index (χ4n) is 3.01. The van der Waals surface area contributed by atoms with Crippen LogP contribution in [0, 0.1) is 5.92 Å². The average molecular weight is 394 g/mol. The van der Waals surface area contributed by atoms with E-state index in [1.54, 1.807) is 18.6 Å². The smallest absolute Gasteiger partial charge is 0.408 e. The minimum atomic E-state index is -0.598. The van der Waals surface area contributed by atoms with Crippen LogP contribution in [-0.2, 0) is 9.53 Å². The van der Waals surface area contributed by atoms with Gasteiger partial charge in [-0.2, -0.15) is 0 Å². The highest BCUT2D eigenvalue weighted by atomic mass is 16.6. The zero-order valence-corrected chi connectivity index (χ0v) is 17.1. The third-order valence-electron chi connectivity index (χ3n) is 4.43. The lowest BCUT2D eigenvalue weighted by molar-refractivity contribution is -0.118. The van der Waals surface area contributed by atoms with Gasteiger partial charge in [0.25, 0.3) is 0 Å². The van der Waals surface area contributed by atoms with Crippen LogP contribution in [-0.4, -0.2) is 27.6 Å². The predicted octanol–water partition coefficient (Wildman–Crippen LogP) is 4.24. The quantitative estimate of drug-likeness (QED) is 0.706. The number of pyridine rings is 2. The number of hydrogen-bond acceptors (Lipinski definition) is 5. The van der Waals surface area contributed by atoms with E-state index >= 15 is 0 Å². The monoisotopic (exact) mass is 394 g/mol. The zero-order valence-electron chi connectivity index (χ0n) is 17.1. The molecule has 0 saturated carbocycles. The number of ether oxygens (including phenoxy) is 1. The van der Waals surface area contributed by atoms with Crippen LogP contribution in [0.1, 0.15) is 45.9 Å². The van der Waals surface area contributed by atoms with Gasteiger partial charge in [0.15, 0.2) is 0 Å². The van der Waals surface area contributed by atoms with Gasteiger partial charge in [0.2, 0.25) is 5.91 Å². The third kappa shape index (κ3) is 5.40. The first-order valence-electron chi connectivity index (χ1n) is 9.60. The molecule has 1 aliphatic heterocycles. The molecule has 3 rings (SSSR count). The van der Waals surface area contributed by atoms with Gasteiger partial charge in [0.05, 0.1) is 29.5 Å². The normalized spacial score (nSPS) is 20.3. The molecule has 0 fully saturated rings. The van der Waals surface area contributed by atoms with Crippen molar-refractivity contribution in [1.82, 2.24) is 15.3 Å². The number of rotatable bonds is 1. The fraction of sp³-hybridized carbons (Fsp3) is 0.364. The van der Waals surface area contributed by atoms with Crippen LogP contribution >= 0.6 is 0 Å². The van der Waals surface area contributed by atoms with E-state index in [2.05, 4.69) is 20.6 Å². The summed E-state index contributed by atoms with van der Waals surface area (Å²) in [5.74, 6) is -0.460. The summed E-state index contributed by atoms with van der Waals surface area (Å²) in [6.45, 7) is 7.27. The zero-order chi connectivity index (χ0) is 21.0. The van der Waals surface area contributed by atoms with Gasteiger partial charge in [0, 0.05) is 18.0 Å². The Morgan fingerprint density at radius 2 is 2.07 bits per heavy atom. The van der Waals surface area contributed by atoms with Crippen LogP contribution in [0.25, 0.3) is 11.1 Å². The van der Waals surface area contributed by atoms with Gasteiger partial charge in [-0.05, 0) is 51.0 Å². The molecular weight excluding hydrogens is 368 g/mol. The van der Waals surface area contributed by atoms with Crippen molar-refractivity contribution in [3.8, 4) is 11.1 Å². The maximum atomic E-state index is 12.5. The standard InChI is InChI=1S/C22H26N4O3/c1-14-6-5-7-17(26-21(28)29-22(2,3)4)18-12-15(8-11-24-18)16-9-10-23-13-19(16)25-20(14)27/h5-6,8-14,17H,7H2,1-4H3,(H,25,27)(H,26,28)/b6-5-/t14-,17+/m1/s1. The summed E-state index contributed by atoms with van der Waals surface area (Å²) in [7, 11) is 0. The molecule has 2 atom stereocenters. The van der Waals surface area contributed by atoms with Gasteiger partial charge in [-0.3, -0.25) is 14.8 Å². The first-order chi connectivity index (χ1) is 13.7. The molecule has 0 unspecified atom stereocenters. The van der Waals surface area contributed by atoms with Crippen LogP contribution in [0.5, 0.6) is 0 Å². The lowest BCUT2D eigenvalue weighted by Crippen LogP contribution is -2.35. The second-order valence-corrected chi connectivity index (χ2v) is 8.03. The van der Waals surface area contributed by atoms with E-state index in [0.717, 1.165) is 11.1 Å². The Balaban J connectivity index is 2.01. The molecule has 0 spiro atoms. The van der Waals surface area contributed by atoms with Gasteiger partial charge in [-0.15, -0.1) is 0 Å². The van der Waals surface area contributed by atoms with Crippen molar-refractivity contribution in [1.29, 1.82) is 0 Å². The van der Waals surface area contributed by atoms with E-state index in [-0.39, 0.29) is 17.9 Å². The second kappa shape index (κ2) is 8.43. The minimum Gasteiger partial charge on any atom is -0.444 e. The van der Waals surface area contributed by atoms with E-state index in [1.807, 2.05) is 58.0 Å². The third-order valence-corrected chi connectivity index (χ3v) is 4.43. The second-order valence-electron chi connectivity index (χ2n) is 8.03. The molecule has 0 aromatic carbocycles. The van der Waals surface area contributed by atoms with E-state index in [9.17, 15) is 9.59 Å². The number of nitrogens with zero attached hydrogens (tertiary/aromatic N) is 2. The van der Waals surface area contributed by atoms with E-state index in [1.165, 1.54) is 0 Å².